The van der Waals surface area contributed by atoms with Crippen LogP contribution in [0.1, 0.15) is 36.6 Å². The summed E-state index contributed by atoms with van der Waals surface area (Å²) in [6.45, 7) is 4.73. The van der Waals surface area contributed by atoms with Gasteiger partial charge in [-0.15, -0.1) is 0 Å². The van der Waals surface area contributed by atoms with Crippen LogP contribution in [-0.2, 0) is 16.1 Å². The summed E-state index contributed by atoms with van der Waals surface area (Å²) < 4.78 is 25.3. The van der Waals surface area contributed by atoms with E-state index < -0.39 is 16.9 Å². The van der Waals surface area contributed by atoms with Crippen molar-refractivity contribution in [1.82, 2.24) is 4.57 Å². The van der Waals surface area contributed by atoms with E-state index in [0.29, 0.717) is 50.9 Å². The van der Waals surface area contributed by atoms with Crippen molar-refractivity contribution in [2.45, 2.75) is 26.5 Å². The Balaban J connectivity index is 1.57. The van der Waals surface area contributed by atoms with E-state index in [2.05, 4.69) is 20.9 Å². The van der Waals surface area contributed by atoms with Crippen LogP contribution in [0.3, 0.4) is 0 Å². The second-order valence-electron chi connectivity index (χ2n) is 9.64. The molecule has 0 saturated carbocycles. The van der Waals surface area contributed by atoms with Gasteiger partial charge in [-0.2, -0.15) is 0 Å². The highest BCUT2D eigenvalue weighted by Gasteiger charge is 2.31. The zero-order chi connectivity index (χ0) is 32.1. The van der Waals surface area contributed by atoms with Crippen LogP contribution in [0.4, 0.5) is 5.69 Å². The number of methoxy groups -OCH3 is 1. The van der Waals surface area contributed by atoms with Gasteiger partial charge in [0.15, 0.2) is 16.3 Å². The van der Waals surface area contributed by atoms with Crippen LogP contribution >= 0.6 is 27.3 Å². The average Bonchev–Trinajstić information content (AvgIpc) is 3.35. The van der Waals surface area contributed by atoms with Crippen LogP contribution in [-0.4, -0.2) is 35.8 Å². The maximum Gasteiger partial charge on any atom is 0.337 e. The van der Waals surface area contributed by atoms with E-state index >= 15 is 0 Å². The number of benzene rings is 3. The normalized spacial score (nSPS) is 14.2. The van der Waals surface area contributed by atoms with E-state index in [1.54, 1.807) is 42.5 Å². The number of esters is 1. The van der Waals surface area contributed by atoms with Gasteiger partial charge in [0.2, 0.25) is 0 Å². The molecule has 0 N–H and O–H groups in total. The Kier molecular flexibility index (Phi) is 9.79. The number of rotatable bonds is 11. The maximum absolute atomic E-state index is 14.0. The Hall–Kier alpha value is -4.75. The molecule has 232 valence electrons. The van der Waals surface area contributed by atoms with Crippen molar-refractivity contribution in [2.24, 2.45) is 4.99 Å². The molecule has 0 unspecified atom stereocenters. The fourth-order valence-electron chi connectivity index (χ4n) is 4.77. The zero-order valence-electron chi connectivity index (χ0n) is 24.5. The van der Waals surface area contributed by atoms with Crippen LogP contribution in [0.5, 0.6) is 17.2 Å². The Morgan fingerprint density at radius 1 is 1.02 bits per heavy atom. The predicted molar refractivity (Wildman–Crippen MR) is 172 cm³/mol. The number of fused-ring (bicyclic) bond motifs is 1. The van der Waals surface area contributed by atoms with Crippen molar-refractivity contribution in [1.29, 1.82) is 0 Å². The van der Waals surface area contributed by atoms with Crippen molar-refractivity contribution in [3.8, 4) is 17.2 Å². The summed E-state index contributed by atoms with van der Waals surface area (Å²) in [5, 5.41) is 11.0. The number of hydrogen-bond donors (Lipinski definition) is 0. The molecule has 0 amide bonds. The van der Waals surface area contributed by atoms with Gasteiger partial charge < -0.3 is 18.9 Å². The molecule has 5 rings (SSSR count). The fourth-order valence-corrected chi connectivity index (χ4v) is 6.11. The van der Waals surface area contributed by atoms with E-state index in [1.807, 2.05) is 26.0 Å². The lowest BCUT2D eigenvalue weighted by atomic mass is 9.97. The summed E-state index contributed by atoms with van der Waals surface area (Å²) in [5.74, 6) is 0.931. The Labute approximate surface area is 269 Å². The molecule has 0 radical (unpaired) electrons. The minimum absolute atomic E-state index is 0.00790. The number of hydrogen-bond acceptors (Lipinski definition) is 10. The number of nitro benzene ring substituents is 1. The van der Waals surface area contributed by atoms with Gasteiger partial charge in [0.05, 0.1) is 41.4 Å². The SMILES string of the molecule is CCOc1ccc([C@H]2C(C(=O)OC)=CN=c3s/c(=C\c4cc(Br)ccc4OCc4ccc([N+](=O)[O-])cc4)c(=O)n32)cc1OCC. The summed E-state index contributed by atoms with van der Waals surface area (Å²) >= 11 is 4.67. The van der Waals surface area contributed by atoms with Gasteiger partial charge in [0.1, 0.15) is 12.4 Å². The smallest absolute Gasteiger partial charge is 0.337 e. The molecule has 13 heteroatoms. The number of carbonyl (C=O) groups excluding carboxylic acids is 1. The number of ether oxygens (including phenoxy) is 4. The Bertz CT molecular complexity index is 1970. The first-order chi connectivity index (χ1) is 21.7. The molecule has 11 nitrogen and oxygen atoms in total. The highest BCUT2D eigenvalue weighted by Crippen LogP contribution is 2.35. The highest BCUT2D eigenvalue weighted by molar-refractivity contribution is 9.10. The maximum atomic E-state index is 14.0. The van der Waals surface area contributed by atoms with Crippen LogP contribution in [0.25, 0.3) is 6.08 Å². The largest absolute Gasteiger partial charge is 0.490 e. The summed E-state index contributed by atoms with van der Waals surface area (Å²) in [7, 11) is 1.28. The Morgan fingerprint density at radius 2 is 1.73 bits per heavy atom. The molecule has 4 aromatic rings. The van der Waals surface area contributed by atoms with Crippen molar-refractivity contribution in [3.63, 3.8) is 0 Å². The van der Waals surface area contributed by atoms with Crippen LogP contribution < -0.4 is 29.1 Å². The summed E-state index contributed by atoms with van der Waals surface area (Å²) in [5.41, 5.74) is 1.82. The highest BCUT2D eigenvalue weighted by atomic mass is 79.9. The standard InChI is InChI=1S/C32H28BrN3O8S/c1-4-42-26-12-8-20(15-27(26)43-5-2)29-24(31(38)41-3)17-34-32-35(29)30(37)28(45-32)16-21-14-22(33)9-13-25(21)44-18-19-6-10-23(11-7-19)36(39)40/h6-17,29H,4-5,18H2,1-3H3/b28-16-/t29-/m0/s1. The van der Waals surface area contributed by atoms with Crippen molar-refractivity contribution in [2.75, 3.05) is 20.3 Å². The molecule has 3 aromatic carbocycles. The molecule has 0 saturated heterocycles. The predicted octanol–water partition coefficient (Wildman–Crippen LogP) is 5.07. The van der Waals surface area contributed by atoms with Gasteiger partial charge in [-0.1, -0.05) is 33.3 Å². The van der Waals surface area contributed by atoms with Crippen LogP contribution in [0.15, 0.2) is 86.7 Å². The summed E-state index contributed by atoms with van der Waals surface area (Å²) in [6.07, 6.45) is 3.14. The van der Waals surface area contributed by atoms with Gasteiger partial charge in [-0.05, 0) is 73.5 Å². The van der Waals surface area contributed by atoms with E-state index in [-0.39, 0.29) is 23.4 Å². The monoisotopic (exact) mass is 693 g/mol. The number of carbonyl (C=O) groups is 1. The molecule has 0 aliphatic carbocycles. The number of thiazole rings is 1. The lowest BCUT2D eigenvalue weighted by molar-refractivity contribution is -0.384. The molecule has 1 atom stereocenters. The molecule has 0 fully saturated rings. The van der Waals surface area contributed by atoms with Crippen molar-refractivity contribution in [3.05, 3.63) is 123 Å². The minimum atomic E-state index is -0.828. The average molecular weight is 695 g/mol. The zero-order valence-corrected chi connectivity index (χ0v) is 26.9. The first-order valence-electron chi connectivity index (χ1n) is 13.9. The summed E-state index contributed by atoms with van der Waals surface area (Å²) in [6, 6.07) is 16.0. The number of nitro groups is 1. The molecule has 0 spiro atoms. The number of aromatic nitrogens is 1. The van der Waals surface area contributed by atoms with E-state index in [0.717, 1.165) is 10.0 Å². The molecule has 1 aliphatic rings. The van der Waals surface area contributed by atoms with Crippen molar-refractivity contribution >= 4 is 45.0 Å². The molecular weight excluding hydrogens is 666 g/mol. The van der Waals surface area contributed by atoms with Gasteiger partial charge in [0, 0.05) is 28.4 Å². The first-order valence-corrected chi connectivity index (χ1v) is 15.5. The van der Waals surface area contributed by atoms with Gasteiger partial charge >= 0.3 is 5.97 Å². The van der Waals surface area contributed by atoms with E-state index in [9.17, 15) is 19.7 Å². The molecule has 0 bridgehead atoms. The van der Waals surface area contributed by atoms with E-state index in [4.69, 9.17) is 18.9 Å². The second-order valence-corrected chi connectivity index (χ2v) is 11.6. The minimum Gasteiger partial charge on any atom is -0.490 e. The molecular formula is C32H28BrN3O8S. The lowest BCUT2D eigenvalue weighted by Crippen LogP contribution is -2.39. The third-order valence-electron chi connectivity index (χ3n) is 6.81. The molecule has 1 aliphatic heterocycles. The topological polar surface area (TPSA) is 131 Å². The van der Waals surface area contributed by atoms with E-state index in [1.165, 1.54) is 41.3 Å². The fraction of sp³-hybridized carbons (Fsp3) is 0.219. The number of halogens is 1. The number of non-ortho nitro benzene ring substituents is 1. The third-order valence-corrected chi connectivity index (χ3v) is 8.30. The summed E-state index contributed by atoms with van der Waals surface area (Å²) in [4.78, 5) is 42.3. The van der Waals surface area contributed by atoms with Gasteiger partial charge in [0.25, 0.3) is 11.2 Å². The quantitative estimate of drug-likeness (QED) is 0.121. The second kappa shape index (κ2) is 13.9. The van der Waals surface area contributed by atoms with Crippen LogP contribution in [0, 0.1) is 10.1 Å². The Morgan fingerprint density at radius 3 is 2.42 bits per heavy atom. The lowest BCUT2D eigenvalue weighted by Gasteiger charge is -2.23. The van der Waals surface area contributed by atoms with Gasteiger partial charge in [-0.25, -0.2) is 9.79 Å². The molecule has 45 heavy (non-hydrogen) atoms. The number of nitrogens with zero attached hydrogens (tertiary/aromatic N) is 3. The molecule has 1 aromatic heterocycles. The van der Waals surface area contributed by atoms with Crippen LogP contribution in [0.2, 0.25) is 0 Å². The van der Waals surface area contributed by atoms with Crippen molar-refractivity contribution < 1.29 is 28.7 Å². The molecule has 2 heterocycles. The third kappa shape index (κ3) is 6.84. The first kappa shape index (κ1) is 31.7. The van der Waals surface area contributed by atoms with Gasteiger partial charge in [-0.3, -0.25) is 19.5 Å².